The largest absolute Gasteiger partial charge is 0.493 e. The minimum Gasteiger partial charge on any atom is -0.493 e. The molecule has 1 N–H and O–H groups in total. The van der Waals surface area contributed by atoms with Crippen molar-refractivity contribution in [1.82, 2.24) is 10.2 Å². The number of rotatable bonds is 4. The molecule has 0 aromatic heterocycles. The van der Waals surface area contributed by atoms with E-state index in [4.69, 9.17) is 9.47 Å². The van der Waals surface area contributed by atoms with E-state index < -0.39 is 0 Å². The van der Waals surface area contributed by atoms with Gasteiger partial charge in [-0.2, -0.15) is 0 Å². The number of hydrogen-bond acceptors (Lipinski definition) is 5. The van der Waals surface area contributed by atoms with E-state index >= 15 is 0 Å². The molecular weight excluding hydrogens is 350 g/mol. The van der Waals surface area contributed by atoms with Crippen molar-refractivity contribution >= 4 is 5.69 Å². The van der Waals surface area contributed by atoms with Crippen LogP contribution in [0.5, 0.6) is 11.5 Å². The number of hydrogen-bond donors (Lipinski definition) is 1. The Balaban J connectivity index is 1.70. The molecule has 5 heteroatoms. The molecule has 150 valence electrons. The molecule has 3 atom stereocenters. The topological polar surface area (TPSA) is 37.0 Å². The van der Waals surface area contributed by atoms with Gasteiger partial charge >= 0.3 is 0 Å². The quantitative estimate of drug-likeness (QED) is 0.873. The van der Waals surface area contributed by atoms with E-state index in [1.807, 2.05) is 0 Å². The summed E-state index contributed by atoms with van der Waals surface area (Å²) in [7, 11) is 7.58. The molecule has 0 saturated carbocycles. The standard InChI is InChI=1S/C23H31N3O2/c1-15-12-17-13-21(27-4)22(28-5)14-19(17)20-10-11-24-23(26(15)20)16-6-8-18(9-7-16)25(2)3/h6-9,13-15,20,23-24H,10-12H2,1-5H3/t15-,20-,23+/m1/s1. The summed E-state index contributed by atoms with van der Waals surface area (Å²) in [4.78, 5) is 4.78. The van der Waals surface area contributed by atoms with Crippen molar-refractivity contribution in [2.75, 3.05) is 39.8 Å². The first-order valence-electron chi connectivity index (χ1n) is 10.1. The zero-order valence-corrected chi connectivity index (χ0v) is 17.5. The molecule has 2 aliphatic rings. The number of nitrogens with one attached hydrogen (secondary N) is 1. The highest BCUT2D eigenvalue weighted by Crippen LogP contribution is 2.45. The van der Waals surface area contributed by atoms with E-state index in [0.29, 0.717) is 12.1 Å². The average Bonchev–Trinajstić information content (AvgIpc) is 2.72. The van der Waals surface area contributed by atoms with Gasteiger partial charge in [0.05, 0.1) is 20.4 Å². The van der Waals surface area contributed by atoms with Crippen molar-refractivity contribution in [2.45, 2.75) is 38.0 Å². The molecule has 0 bridgehead atoms. The summed E-state index contributed by atoms with van der Waals surface area (Å²) in [6.45, 7) is 3.34. The number of anilines is 1. The van der Waals surface area contributed by atoms with E-state index in [-0.39, 0.29) is 6.17 Å². The maximum absolute atomic E-state index is 5.59. The molecule has 0 amide bonds. The van der Waals surface area contributed by atoms with Gasteiger partial charge in [0.2, 0.25) is 0 Å². The van der Waals surface area contributed by atoms with Gasteiger partial charge < -0.3 is 14.4 Å². The van der Waals surface area contributed by atoms with Crippen LogP contribution in [0.4, 0.5) is 5.69 Å². The van der Waals surface area contributed by atoms with Crippen LogP contribution in [0.3, 0.4) is 0 Å². The molecule has 2 aromatic carbocycles. The van der Waals surface area contributed by atoms with Gasteiger partial charge in [0, 0.05) is 31.9 Å². The molecule has 0 unspecified atom stereocenters. The van der Waals surface area contributed by atoms with E-state index in [1.165, 1.54) is 22.4 Å². The summed E-state index contributed by atoms with van der Waals surface area (Å²) in [5.74, 6) is 1.65. The van der Waals surface area contributed by atoms with Gasteiger partial charge in [-0.3, -0.25) is 10.2 Å². The van der Waals surface area contributed by atoms with Crippen LogP contribution in [0.15, 0.2) is 36.4 Å². The first-order chi connectivity index (χ1) is 13.5. The zero-order chi connectivity index (χ0) is 19.8. The molecule has 1 saturated heterocycles. The predicted octanol–water partition coefficient (Wildman–Crippen LogP) is 3.75. The second kappa shape index (κ2) is 7.64. The second-order valence-electron chi connectivity index (χ2n) is 8.05. The van der Waals surface area contributed by atoms with Crippen molar-refractivity contribution < 1.29 is 9.47 Å². The van der Waals surface area contributed by atoms with Gasteiger partial charge in [-0.15, -0.1) is 0 Å². The van der Waals surface area contributed by atoms with Crippen LogP contribution >= 0.6 is 0 Å². The first kappa shape index (κ1) is 19.1. The van der Waals surface area contributed by atoms with Gasteiger partial charge in [0.25, 0.3) is 0 Å². The SMILES string of the molecule is COc1cc2c(cc1OC)[C@H]1CCN[C@H](c3ccc(N(C)C)cc3)N1[C@H](C)C2. The first-order valence-corrected chi connectivity index (χ1v) is 10.1. The molecular formula is C23H31N3O2. The Hall–Kier alpha value is -2.24. The molecule has 2 heterocycles. The third-order valence-corrected chi connectivity index (χ3v) is 6.17. The van der Waals surface area contributed by atoms with Crippen LogP contribution in [0.1, 0.15) is 42.2 Å². The lowest BCUT2D eigenvalue weighted by atomic mass is 9.84. The Kier molecular flexibility index (Phi) is 5.21. The van der Waals surface area contributed by atoms with Gasteiger partial charge in [0.1, 0.15) is 0 Å². The van der Waals surface area contributed by atoms with E-state index in [1.54, 1.807) is 14.2 Å². The smallest absolute Gasteiger partial charge is 0.161 e. The summed E-state index contributed by atoms with van der Waals surface area (Å²) in [5.41, 5.74) is 5.32. The molecule has 28 heavy (non-hydrogen) atoms. The van der Waals surface area contributed by atoms with Crippen molar-refractivity contribution in [3.05, 3.63) is 53.1 Å². The lowest BCUT2D eigenvalue weighted by molar-refractivity contribution is 0.0206. The molecule has 0 spiro atoms. The number of methoxy groups -OCH3 is 2. The Morgan fingerprint density at radius 1 is 1.04 bits per heavy atom. The van der Waals surface area contributed by atoms with Gasteiger partial charge in [-0.25, -0.2) is 0 Å². The molecule has 2 aromatic rings. The lowest BCUT2D eigenvalue weighted by Gasteiger charge is -2.50. The number of ether oxygens (including phenoxy) is 2. The van der Waals surface area contributed by atoms with E-state index in [2.05, 4.69) is 72.5 Å². The summed E-state index contributed by atoms with van der Waals surface area (Å²) in [5, 5.41) is 3.75. The van der Waals surface area contributed by atoms with Crippen LogP contribution in [0.25, 0.3) is 0 Å². The molecule has 4 rings (SSSR count). The third-order valence-electron chi connectivity index (χ3n) is 6.17. The molecule has 0 radical (unpaired) electrons. The highest BCUT2D eigenvalue weighted by molar-refractivity contribution is 5.50. The summed E-state index contributed by atoms with van der Waals surface area (Å²) in [6, 6.07) is 14.1. The number of nitrogens with zero attached hydrogens (tertiary/aromatic N) is 2. The molecule has 5 nitrogen and oxygen atoms in total. The maximum Gasteiger partial charge on any atom is 0.161 e. The minimum absolute atomic E-state index is 0.228. The highest BCUT2D eigenvalue weighted by Gasteiger charge is 2.40. The predicted molar refractivity (Wildman–Crippen MR) is 113 cm³/mol. The Morgan fingerprint density at radius 2 is 1.71 bits per heavy atom. The second-order valence-corrected chi connectivity index (χ2v) is 8.05. The normalized spacial score (nSPS) is 24.2. The average molecular weight is 382 g/mol. The van der Waals surface area contributed by atoms with Crippen LogP contribution in [0.2, 0.25) is 0 Å². The van der Waals surface area contributed by atoms with Crippen LogP contribution in [0, 0.1) is 0 Å². The molecule has 2 aliphatic heterocycles. The van der Waals surface area contributed by atoms with Crippen molar-refractivity contribution in [1.29, 1.82) is 0 Å². The fourth-order valence-electron chi connectivity index (χ4n) is 4.76. The van der Waals surface area contributed by atoms with Crippen LogP contribution in [-0.4, -0.2) is 45.8 Å². The molecule has 1 fully saturated rings. The third kappa shape index (κ3) is 3.23. The Bertz CT molecular complexity index is 834. The van der Waals surface area contributed by atoms with Crippen LogP contribution in [-0.2, 0) is 6.42 Å². The minimum atomic E-state index is 0.228. The fourth-order valence-corrected chi connectivity index (χ4v) is 4.76. The Labute approximate surface area is 168 Å². The number of benzene rings is 2. The highest BCUT2D eigenvalue weighted by atomic mass is 16.5. The Morgan fingerprint density at radius 3 is 2.36 bits per heavy atom. The monoisotopic (exact) mass is 381 g/mol. The lowest BCUT2D eigenvalue weighted by Crippen LogP contribution is -2.53. The summed E-state index contributed by atoms with van der Waals surface area (Å²) in [6.07, 6.45) is 2.34. The van der Waals surface area contributed by atoms with Crippen LogP contribution < -0.4 is 19.7 Å². The van der Waals surface area contributed by atoms with E-state index in [0.717, 1.165) is 30.9 Å². The van der Waals surface area contributed by atoms with Crippen molar-refractivity contribution in [2.24, 2.45) is 0 Å². The van der Waals surface area contributed by atoms with Gasteiger partial charge in [-0.1, -0.05) is 12.1 Å². The zero-order valence-electron chi connectivity index (χ0n) is 17.5. The summed E-state index contributed by atoms with van der Waals surface area (Å²) >= 11 is 0. The number of fused-ring (bicyclic) bond motifs is 3. The van der Waals surface area contributed by atoms with Gasteiger partial charge in [0.15, 0.2) is 11.5 Å². The summed E-state index contributed by atoms with van der Waals surface area (Å²) < 4.78 is 11.1. The fraction of sp³-hybridized carbons (Fsp3) is 0.478. The van der Waals surface area contributed by atoms with E-state index in [9.17, 15) is 0 Å². The van der Waals surface area contributed by atoms with Gasteiger partial charge in [-0.05, 0) is 67.3 Å². The maximum atomic E-state index is 5.59. The van der Waals surface area contributed by atoms with Crippen molar-refractivity contribution in [3.8, 4) is 11.5 Å². The van der Waals surface area contributed by atoms with Crippen molar-refractivity contribution in [3.63, 3.8) is 0 Å². The molecule has 0 aliphatic carbocycles.